The second-order valence-electron chi connectivity index (χ2n) is 4.86. The molecule has 0 aliphatic carbocycles. The molecule has 0 radical (unpaired) electrons. The Morgan fingerprint density at radius 1 is 1.43 bits per heavy atom. The van der Waals surface area contributed by atoms with Crippen molar-refractivity contribution in [1.29, 1.82) is 5.26 Å². The first-order valence-electron chi connectivity index (χ1n) is 6.85. The summed E-state index contributed by atoms with van der Waals surface area (Å²) in [6.07, 6.45) is 0.750. The summed E-state index contributed by atoms with van der Waals surface area (Å²) in [6, 6.07) is 8.25. The number of aryl methyl sites for hydroxylation is 1. The van der Waals surface area contributed by atoms with Crippen LogP contribution in [0.2, 0.25) is 0 Å². The molecule has 23 heavy (non-hydrogen) atoms. The number of aromatic nitrogens is 1. The normalized spacial score (nSPS) is 11.0. The van der Waals surface area contributed by atoms with Crippen molar-refractivity contribution in [2.75, 3.05) is 11.1 Å². The third-order valence-electron chi connectivity index (χ3n) is 2.90. The third-order valence-corrected chi connectivity index (χ3v) is 5.38. The number of nitrogens with zero attached hydrogens (tertiary/aromatic N) is 2. The summed E-state index contributed by atoms with van der Waals surface area (Å²) in [5, 5.41) is 13.9. The molecule has 8 heteroatoms. The number of hydrogen-bond acceptors (Lipinski definition) is 6. The van der Waals surface area contributed by atoms with Crippen LogP contribution in [0.15, 0.2) is 29.6 Å². The molecule has 120 valence electrons. The van der Waals surface area contributed by atoms with Gasteiger partial charge >= 0.3 is 0 Å². The first-order valence-corrected chi connectivity index (χ1v) is 9.55. The Kier molecular flexibility index (Phi) is 5.47. The molecule has 2 aromatic rings. The lowest BCUT2D eigenvalue weighted by molar-refractivity contribution is -0.113. The van der Waals surface area contributed by atoms with Crippen molar-refractivity contribution in [2.24, 2.45) is 0 Å². The van der Waals surface area contributed by atoms with Crippen molar-refractivity contribution in [1.82, 2.24) is 4.98 Å². The fraction of sp³-hybridized carbons (Fsp3) is 0.267. The van der Waals surface area contributed by atoms with Crippen LogP contribution < -0.4 is 5.32 Å². The highest BCUT2D eigenvalue weighted by Gasteiger charge is 2.19. The summed E-state index contributed by atoms with van der Waals surface area (Å²) in [7, 11) is -3.60. The molecule has 1 aromatic heterocycles. The maximum absolute atomic E-state index is 12.1. The van der Waals surface area contributed by atoms with Crippen LogP contribution in [-0.4, -0.2) is 25.1 Å². The van der Waals surface area contributed by atoms with Gasteiger partial charge in [0.2, 0.25) is 5.91 Å². The van der Waals surface area contributed by atoms with Crippen LogP contribution >= 0.6 is 11.3 Å². The number of hydrogen-bond donors (Lipinski definition) is 1. The van der Waals surface area contributed by atoms with Crippen molar-refractivity contribution in [3.8, 4) is 6.07 Å². The Morgan fingerprint density at radius 3 is 2.87 bits per heavy atom. The first kappa shape index (κ1) is 17.1. The minimum Gasteiger partial charge on any atom is -0.325 e. The number of nitrogens with one attached hydrogen (secondary N) is 1. The van der Waals surface area contributed by atoms with Crippen LogP contribution in [0.4, 0.5) is 5.69 Å². The van der Waals surface area contributed by atoms with Crippen LogP contribution in [0, 0.1) is 11.3 Å². The number of thiazole rings is 1. The molecule has 0 saturated carbocycles. The van der Waals surface area contributed by atoms with Gasteiger partial charge in [0, 0.05) is 11.1 Å². The Hall–Kier alpha value is -2.24. The molecule has 0 aliphatic heterocycles. The molecular formula is C15H15N3O3S2. The van der Waals surface area contributed by atoms with Crippen LogP contribution in [0.5, 0.6) is 0 Å². The summed E-state index contributed by atoms with van der Waals surface area (Å²) < 4.78 is 24.1. The Labute approximate surface area is 138 Å². The average molecular weight is 349 g/mol. The van der Waals surface area contributed by atoms with Crippen molar-refractivity contribution in [3.63, 3.8) is 0 Å². The van der Waals surface area contributed by atoms with Crippen molar-refractivity contribution < 1.29 is 13.2 Å². The van der Waals surface area contributed by atoms with Gasteiger partial charge < -0.3 is 5.32 Å². The fourth-order valence-electron chi connectivity index (χ4n) is 1.92. The van der Waals surface area contributed by atoms with Crippen LogP contribution in [-0.2, 0) is 26.8 Å². The number of amides is 1. The number of carbonyl (C=O) groups is 1. The van der Waals surface area contributed by atoms with E-state index in [4.69, 9.17) is 5.26 Å². The summed E-state index contributed by atoms with van der Waals surface area (Å²) in [5.41, 5.74) is 1.25. The van der Waals surface area contributed by atoms with Crippen LogP contribution in [0.1, 0.15) is 23.2 Å². The van der Waals surface area contributed by atoms with E-state index in [0.717, 1.165) is 11.4 Å². The van der Waals surface area contributed by atoms with Gasteiger partial charge in [0.15, 0.2) is 9.84 Å². The van der Waals surface area contributed by atoms with Gasteiger partial charge in [-0.2, -0.15) is 5.26 Å². The SMILES string of the molecule is CCc1nc(CS(=O)(=O)CC(=O)Nc2cccc(C#N)c2)cs1. The van der Waals surface area contributed by atoms with E-state index < -0.39 is 21.5 Å². The number of rotatable bonds is 6. The minimum absolute atomic E-state index is 0.255. The molecule has 0 saturated heterocycles. The lowest BCUT2D eigenvalue weighted by atomic mass is 10.2. The van der Waals surface area contributed by atoms with Gasteiger partial charge in [0.05, 0.1) is 28.1 Å². The van der Waals surface area contributed by atoms with Gasteiger partial charge in [-0.15, -0.1) is 11.3 Å². The monoisotopic (exact) mass is 349 g/mol. The van der Waals surface area contributed by atoms with Gasteiger partial charge in [0.1, 0.15) is 5.75 Å². The van der Waals surface area contributed by atoms with E-state index in [0.29, 0.717) is 16.9 Å². The molecule has 1 amide bonds. The molecule has 0 spiro atoms. The largest absolute Gasteiger partial charge is 0.325 e. The standard InChI is InChI=1S/C15H15N3O3S2/c1-2-15-18-13(8-22-15)9-23(20,21)10-14(19)17-12-5-3-4-11(6-12)7-16/h3-6,8H,2,9-10H2,1H3,(H,17,19). The number of benzene rings is 1. The number of carbonyl (C=O) groups excluding carboxylic acids is 1. The van der Waals surface area contributed by atoms with E-state index in [1.54, 1.807) is 23.6 Å². The molecular weight excluding hydrogens is 334 g/mol. The van der Waals surface area contributed by atoms with Gasteiger partial charge in [0.25, 0.3) is 0 Å². The number of sulfone groups is 1. The smallest absolute Gasteiger partial charge is 0.239 e. The Bertz CT molecular complexity index is 851. The molecule has 0 fully saturated rings. The summed E-state index contributed by atoms with van der Waals surface area (Å²) in [6.45, 7) is 1.94. The zero-order valence-corrected chi connectivity index (χ0v) is 14.1. The Balaban J connectivity index is 1.99. The summed E-state index contributed by atoms with van der Waals surface area (Å²) in [5.74, 6) is -1.51. The van der Waals surface area contributed by atoms with E-state index in [1.165, 1.54) is 17.4 Å². The van der Waals surface area contributed by atoms with E-state index in [1.807, 2.05) is 13.0 Å². The molecule has 1 aromatic carbocycles. The molecule has 0 unspecified atom stereocenters. The quantitative estimate of drug-likeness (QED) is 0.861. The fourth-order valence-corrected chi connectivity index (χ4v) is 3.94. The molecule has 6 nitrogen and oxygen atoms in total. The first-order chi connectivity index (χ1) is 10.9. The highest BCUT2D eigenvalue weighted by Crippen LogP contribution is 2.14. The maximum atomic E-state index is 12.1. The van der Waals surface area contributed by atoms with Crippen molar-refractivity contribution >= 4 is 32.8 Å². The van der Waals surface area contributed by atoms with Crippen molar-refractivity contribution in [3.05, 3.63) is 45.9 Å². The highest BCUT2D eigenvalue weighted by molar-refractivity contribution is 7.91. The predicted molar refractivity (Wildman–Crippen MR) is 88.8 cm³/mol. The average Bonchev–Trinajstić information content (AvgIpc) is 2.93. The second-order valence-corrected chi connectivity index (χ2v) is 7.87. The van der Waals surface area contributed by atoms with E-state index in [2.05, 4.69) is 10.3 Å². The lowest BCUT2D eigenvalue weighted by Crippen LogP contribution is -2.24. The van der Waals surface area contributed by atoms with Gasteiger partial charge in [-0.25, -0.2) is 13.4 Å². The van der Waals surface area contributed by atoms with E-state index >= 15 is 0 Å². The molecule has 0 atom stereocenters. The molecule has 2 rings (SSSR count). The second kappa shape index (κ2) is 7.35. The number of anilines is 1. The van der Waals surface area contributed by atoms with Crippen LogP contribution in [0.25, 0.3) is 0 Å². The van der Waals surface area contributed by atoms with E-state index in [-0.39, 0.29) is 5.75 Å². The van der Waals surface area contributed by atoms with Gasteiger partial charge in [-0.3, -0.25) is 4.79 Å². The minimum atomic E-state index is -3.60. The predicted octanol–water partition coefficient (Wildman–Crippen LogP) is 2.13. The maximum Gasteiger partial charge on any atom is 0.239 e. The molecule has 0 aliphatic rings. The lowest BCUT2D eigenvalue weighted by Gasteiger charge is -2.06. The zero-order chi connectivity index (χ0) is 16.9. The third kappa shape index (κ3) is 5.16. The molecule has 1 N–H and O–H groups in total. The zero-order valence-electron chi connectivity index (χ0n) is 12.4. The number of nitriles is 1. The molecule has 0 bridgehead atoms. The van der Waals surface area contributed by atoms with Gasteiger partial charge in [-0.05, 0) is 24.6 Å². The molecule has 1 heterocycles. The summed E-state index contributed by atoms with van der Waals surface area (Å²) in [4.78, 5) is 16.1. The van der Waals surface area contributed by atoms with E-state index in [9.17, 15) is 13.2 Å². The van der Waals surface area contributed by atoms with Crippen LogP contribution in [0.3, 0.4) is 0 Å². The topological polar surface area (TPSA) is 99.9 Å². The summed E-state index contributed by atoms with van der Waals surface area (Å²) >= 11 is 1.41. The highest BCUT2D eigenvalue weighted by atomic mass is 32.2. The van der Waals surface area contributed by atoms with Crippen molar-refractivity contribution in [2.45, 2.75) is 19.1 Å². The van der Waals surface area contributed by atoms with Gasteiger partial charge in [-0.1, -0.05) is 13.0 Å². The Morgan fingerprint density at radius 2 is 2.22 bits per heavy atom.